The lowest BCUT2D eigenvalue weighted by molar-refractivity contribution is -0.123. The largest absolute Gasteiger partial charge is 0.326 e. The minimum atomic E-state index is -0.503. The Labute approximate surface area is 224 Å². The van der Waals surface area contributed by atoms with E-state index in [4.69, 9.17) is 4.98 Å². The molecule has 0 fully saturated rings. The maximum absolute atomic E-state index is 13.3. The molecule has 6 heteroatoms. The number of aryl methyl sites for hydroxylation is 1. The normalized spacial score (nSPS) is 11.9. The summed E-state index contributed by atoms with van der Waals surface area (Å²) in [6.45, 7) is 9.58. The van der Waals surface area contributed by atoms with Crippen LogP contribution in [-0.2, 0) is 11.2 Å². The van der Waals surface area contributed by atoms with Gasteiger partial charge >= 0.3 is 0 Å². The SMILES string of the molecule is CCCc1ccc(-c2cc(C(=O)NN=C(C)c3cccc(NC(=O)C(C)(C)C)c3)c3ccccc3n2)cc1. The highest BCUT2D eigenvalue weighted by atomic mass is 16.2. The summed E-state index contributed by atoms with van der Waals surface area (Å²) in [5.41, 5.74) is 8.53. The predicted molar refractivity (Wildman–Crippen MR) is 155 cm³/mol. The van der Waals surface area contributed by atoms with Crippen LogP contribution in [-0.4, -0.2) is 22.5 Å². The molecule has 0 radical (unpaired) electrons. The molecule has 38 heavy (non-hydrogen) atoms. The van der Waals surface area contributed by atoms with Crippen LogP contribution in [0, 0.1) is 5.41 Å². The molecule has 0 bridgehead atoms. The van der Waals surface area contributed by atoms with Gasteiger partial charge in [0.05, 0.1) is 22.5 Å². The van der Waals surface area contributed by atoms with Crippen LogP contribution < -0.4 is 10.7 Å². The Morgan fingerprint density at radius 1 is 0.921 bits per heavy atom. The van der Waals surface area contributed by atoms with Crippen LogP contribution in [0.5, 0.6) is 0 Å². The minimum absolute atomic E-state index is 0.0714. The number of hydrogen-bond donors (Lipinski definition) is 2. The molecular formula is C32H34N4O2. The molecule has 1 aromatic heterocycles. The molecular weight excluding hydrogens is 472 g/mol. The number of carbonyl (C=O) groups is 2. The maximum Gasteiger partial charge on any atom is 0.272 e. The van der Waals surface area contributed by atoms with E-state index >= 15 is 0 Å². The molecule has 0 aliphatic heterocycles. The van der Waals surface area contributed by atoms with Gasteiger partial charge in [-0.2, -0.15) is 5.10 Å². The van der Waals surface area contributed by atoms with Crippen molar-refractivity contribution in [3.8, 4) is 11.3 Å². The van der Waals surface area contributed by atoms with Crippen LogP contribution in [0.25, 0.3) is 22.2 Å². The Hall–Kier alpha value is -4.32. The topological polar surface area (TPSA) is 83.5 Å². The maximum atomic E-state index is 13.3. The second-order valence-corrected chi connectivity index (χ2v) is 10.4. The summed E-state index contributed by atoms with van der Waals surface area (Å²) in [6, 6.07) is 25.2. The van der Waals surface area contributed by atoms with Gasteiger partial charge in [0.1, 0.15) is 0 Å². The number of hydrogen-bond acceptors (Lipinski definition) is 4. The zero-order valence-corrected chi connectivity index (χ0v) is 22.6. The Morgan fingerprint density at radius 3 is 2.37 bits per heavy atom. The number of amides is 2. The average Bonchev–Trinajstić information content (AvgIpc) is 2.91. The number of aromatic nitrogens is 1. The molecule has 0 atom stereocenters. The number of fused-ring (bicyclic) bond motifs is 1. The number of pyridine rings is 1. The lowest BCUT2D eigenvalue weighted by Gasteiger charge is -2.18. The monoisotopic (exact) mass is 506 g/mol. The summed E-state index contributed by atoms with van der Waals surface area (Å²) < 4.78 is 0. The second-order valence-electron chi connectivity index (χ2n) is 10.4. The summed E-state index contributed by atoms with van der Waals surface area (Å²) in [5, 5.41) is 8.06. The molecule has 0 saturated carbocycles. The Bertz CT molecular complexity index is 1500. The van der Waals surface area contributed by atoms with E-state index in [0.717, 1.165) is 40.6 Å². The van der Waals surface area contributed by atoms with E-state index in [1.807, 2.05) is 82.3 Å². The van der Waals surface area contributed by atoms with Gasteiger partial charge in [-0.3, -0.25) is 9.59 Å². The first-order valence-electron chi connectivity index (χ1n) is 12.9. The summed E-state index contributed by atoms with van der Waals surface area (Å²) in [7, 11) is 0. The number of anilines is 1. The molecule has 0 unspecified atom stereocenters. The zero-order chi connectivity index (χ0) is 27.3. The minimum Gasteiger partial charge on any atom is -0.326 e. The molecule has 4 rings (SSSR count). The number of nitrogens with one attached hydrogen (secondary N) is 2. The predicted octanol–water partition coefficient (Wildman–Crippen LogP) is 6.99. The summed E-state index contributed by atoms with van der Waals surface area (Å²) >= 11 is 0. The molecule has 2 amide bonds. The molecule has 0 spiro atoms. The van der Waals surface area contributed by atoms with E-state index in [1.54, 1.807) is 0 Å². The highest BCUT2D eigenvalue weighted by Gasteiger charge is 2.21. The van der Waals surface area contributed by atoms with Gasteiger partial charge in [-0.15, -0.1) is 0 Å². The molecule has 4 aromatic rings. The molecule has 194 valence electrons. The van der Waals surface area contributed by atoms with E-state index in [-0.39, 0.29) is 11.8 Å². The molecule has 0 saturated heterocycles. The van der Waals surface area contributed by atoms with Crippen molar-refractivity contribution in [2.45, 2.75) is 47.5 Å². The fourth-order valence-corrected chi connectivity index (χ4v) is 4.04. The van der Waals surface area contributed by atoms with E-state index in [1.165, 1.54) is 5.56 Å². The average molecular weight is 507 g/mol. The Balaban J connectivity index is 1.59. The number of nitrogens with zero attached hydrogens (tertiary/aromatic N) is 2. The van der Waals surface area contributed by atoms with Gasteiger partial charge in [-0.05, 0) is 48.7 Å². The van der Waals surface area contributed by atoms with Crippen LogP contribution in [0.1, 0.15) is 62.5 Å². The highest BCUT2D eigenvalue weighted by molar-refractivity contribution is 6.08. The Morgan fingerprint density at radius 2 is 1.66 bits per heavy atom. The second kappa shape index (κ2) is 11.4. The fourth-order valence-electron chi connectivity index (χ4n) is 4.04. The first kappa shape index (κ1) is 26.7. The van der Waals surface area contributed by atoms with Gasteiger partial charge in [0.2, 0.25) is 5.91 Å². The summed E-state index contributed by atoms with van der Waals surface area (Å²) in [6.07, 6.45) is 2.12. The number of hydrazone groups is 1. The van der Waals surface area contributed by atoms with E-state index in [2.05, 4.69) is 47.0 Å². The van der Waals surface area contributed by atoms with Crippen LogP contribution in [0.4, 0.5) is 5.69 Å². The molecule has 2 N–H and O–H groups in total. The molecule has 3 aromatic carbocycles. The van der Waals surface area contributed by atoms with Gasteiger partial charge in [-0.1, -0.05) is 88.7 Å². The van der Waals surface area contributed by atoms with Crippen molar-refractivity contribution in [2.24, 2.45) is 10.5 Å². The van der Waals surface area contributed by atoms with Crippen molar-refractivity contribution in [3.05, 3.63) is 95.6 Å². The number of para-hydroxylation sites is 1. The fraction of sp³-hybridized carbons (Fsp3) is 0.250. The van der Waals surface area contributed by atoms with Crippen LogP contribution in [0.3, 0.4) is 0 Å². The molecule has 1 heterocycles. The van der Waals surface area contributed by atoms with Gasteiger partial charge < -0.3 is 5.32 Å². The van der Waals surface area contributed by atoms with Gasteiger partial charge in [0.25, 0.3) is 5.91 Å². The molecule has 0 aliphatic carbocycles. The van der Waals surface area contributed by atoms with Crippen molar-refractivity contribution in [2.75, 3.05) is 5.32 Å². The Kier molecular flexibility index (Phi) is 8.01. The third-order valence-electron chi connectivity index (χ3n) is 6.29. The third kappa shape index (κ3) is 6.32. The van der Waals surface area contributed by atoms with Gasteiger partial charge in [0.15, 0.2) is 0 Å². The van der Waals surface area contributed by atoms with Crippen molar-refractivity contribution >= 4 is 34.1 Å². The number of benzene rings is 3. The van der Waals surface area contributed by atoms with Gasteiger partial charge in [-0.25, -0.2) is 10.4 Å². The lowest BCUT2D eigenvalue weighted by Crippen LogP contribution is -2.27. The van der Waals surface area contributed by atoms with E-state index in [9.17, 15) is 9.59 Å². The summed E-state index contributed by atoms with van der Waals surface area (Å²) in [5.74, 6) is -0.387. The first-order valence-corrected chi connectivity index (χ1v) is 12.9. The van der Waals surface area contributed by atoms with Crippen molar-refractivity contribution in [3.63, 3.8) is 0 Å². The molecule has 0 aliphatic rings. The number of carbonyl (C=O) groups excluding carboxylic acids is 2. The quantitative estimate of drug-likeness (QED) is 0.209. The molecule has 6 nitrogen and oxygen atoms in total. The zero-order valence-electron chi connectivity index (χ0n) is 22.6. The van der Waals surface area contributed by atoms with Crippen LogP contribution in [0.15, 0.2) is 84.0 Å². The van der Waals surface area contributed by atoms with Gasteiger partial charge in [0, 0.05) is 22.1 Å². The van der Waals surface area contributed by atoms with Crippen molar-refractivity contribution in [1.29, 1.82) is 0 Å². The standard InChI is InChI=1S/C32H34N4O2/c1-6-10-22-15-17-23(18-16-22)29-20-27(26-13-7-8-14-28(26)34-29)30(37)36-35-21(2)24-11-9-12-25(19-24)33-31(38)32(3,4)5/h7-9,11-20H,6,10H2,1-5H3,(H,33,38)(H,36,37). The smallest absolute Gasteiger partial charge is 0.272 e. The van der Waals surface area contributed by atoms with Crippen LogP contribution >= 0.6 is 0 Å². The number of rotatable bonds is 7. The third-order valence-corrected chi connectivity index (χ3v) is 6.29. The van der Waals surface area contributed by atoms with Crippen molar-refractivity contribution in [1.82, 2.24) is 10.4 Å². The first-order chi connectivity index (χ1) is 18.2. The van der Waals surface area contributed by atoms with E-state index in [0.29, 0.717) is 17.0 Å². The lowest BCUT2D eigenvalue weighted by atomic mass is 9.95. The highest BCUT2D eigenvalue weighted by Crippen LogP contribution is 2.26. The van der Waals surface area contributed by atoms with Crippen LogP contribution in [0.2, 0.25) is 0 Å². The summed E-state index contributed by atoms with van der Waals surface area (Å²) in [4.78, 5) is 30.5. The van der Waals surface area contributed by atoms with Crippen molar-refractivity contribution < 1.29 is 9.59 Å². The van der Waals surface area contributed by atoms with E-state index < -0.39 is 5.41 Å².